The van der Waals surface area contributed by atoms with Gasteiger partial charge in [0.15, 0.2) is 0 Å². The number of fused-ring (bicyclic) bond motifs is 1. The summed E-state index contributed by atoms with van der Waals surface area (Å²) in [5.74, 6) is 1.77. The third kappa shape index (κ3) is 2.82. The van der Waals surface area contributed by atoms with Crippen LogP contribution in [0, 0.1) is 28.6 Å². The number of hydrogen-bond acceptors (Lipinski definition) is 4. The monoisotopic (exact) mass is 347 g/mol. The van der Waals surface area contributed by atoms with E-state index >= 15 is 0 Å². The fourth-order valence-corrected chi connectivity index (χ4v) is 4.44. The summed E-state index contributed by atoms with van der Waals surface area (Å²) in [7, 11) is 0. The van der Waals surface area contributed by atoms with Crippen molar-refractivity contribution in [1.82, 2.24) is 5.43 Å². The number of amides is 1. The number of benzene rings is 1. The summed E-state index contributed by atoms with van der Waals surface area (Å²) in [6.07, 6.45) is 6.24. The van der Waals surface area contributed by atoms with Crippen molar-refractivity contribution in [3.63, 3.8) is 0 Å². The van der Waals surface area contributed by atoms with E-state index in [1.165, 1.54) is 19.1 Å². The molecule has 1 aromatic heterocycles. The van der Waals surface area contributed by atoms with Crippen LogP contribution >= 0.6 is 0 Å². The van der Waals surface area contributed by atoms with Crippen LogP contribution in [0.2, 0.25) is 0 Å². The molecule has 0 unspecified atom stereocenters. The minimum absolute atomic E-state index is 0.0113. The molecule has 2 fully saturated rings. The summed E-state index contributed by atoms with van der Waals surface area (Å²) in [5, 5.41) is 13.2. The van der Waals surface area contributed by atoms with Crippen molar-refractivity contribution >= 4 is 12.1 Å². The molecule has 0 spiro atoms. The number of rotatable bonds is 4. The van der Waals surface area contributed by atoms with Crippen LogP contribution in [0.15, 0.2) is 45.9 Å². The maximum absolute atomic E-state index is 12.4. The van der Waals surface area contributed by atoms with E-state index in [0.717, 1.165) is 18.4 Å². The van der Waals surface area contributed by atoms with Gasteiger partial charge in [-0.05, 0) is 48.4 Å². The molecule has 0 aliphatic heterocycles. The molecule has 132 valence electrons. The average Bonchev–Trinajstić information content (AvgIpc) is 3.03. The fraction of sp³-hybridized carbons (Fsp3) is 0.381. The van der Waals surface area contributed by atoms with E-state index < -0.39 is 0 Å². The summed E-state index contributed by atoms with van der Waals surface area (Å²) in [6, 6.07) is 13.0. The lowest BCUT2D eigenvalue weighted by atomic mass is 9.90. The molecular formula is C21H21N3O2. The van der Waals surface area contributed by atoms with Crippen LogP contribution in [0.25, 0.3) is 11.3 Å². The molecule has 2 saturated carbocycles. The highest BCUT2D eigenvalue weighted by molar-refractivity contribution is 5.85. The number of carbonyl (C=O) groups is 1. The molecule has 2 aromatic rings. The van der Waals surface area contributed by atoms with E-state index in [-0.39, 0.29) is 17.2 Å². The number of carbonyl (C=O) groups excluding carboxylic acids is 1. The van der Waals surface area contributed by atoms with Gasteiger partial charge in [0.2, 0.25) is 5.91 Å². The lowest BCUT2D eigenvalue weighted by molar-refractivity contribution is -0.123. The summed E-state index contributed by atoms with van der Waals surface area (Å²) in [6.45, 7) is 2.22. The zero-order valence-electron chi connectivity index (χ0n) is 14.7. The lowest BCUT2D eigenvalue weighted by Crippen LogP contribution is -2.22. The van der Waals surface area contributed by atoms with Gasteiger partial charge in [-0.3, -0.25) is 4.79 Å². The molecule has 26 heavy (non-hydrogen) atoms. The molecule has 5 heteroatoms. The molecule has 3 atom stereocenters. The molecule has 4 rings (SSSR count). The van der Waals surface area contributed by atoms with Gasteiger partial charge in [0.1, 0.15) is 11.5 Å². The molecule has 1 aromatic carbocycles. The maximum Gasteiger partial charge on any atom is 0.244 e. The number of nitrogens with one attached hydrogen (secondary N) is 1. The van der Waals surface area contributed by atoms with Gasteiger partial charge in [0, 0.05) is 11.5 Å². The predicted molar refractivity (Wildman–Crippen MR) is 98.2 cm³/mol. The first kappa shape index (κ1) is 16.6. The minimum Gasteiger partial charge on any atom is -0.455 e. The highest BCUT2D eigenvalue weighted by atomic mass is 16.3. The van der Waals surface area contributed by atoms with Crippen molar-refractivity contribution in [2.75, 3.05) is 0 Å². The van der Waals surface area contributed by atoms with Crippen molar-refractivity contribution in [2.24, 2.45) is 22.4 Å². The van der Waals surface area contributed by atoms with Gasteiger partial charge in [-0.15, -0.1) is 0 Å². The molecule has 2 aliphatic rings. The van der Waals surface area contributed by atoms with Gasteiger partial charge < -0.3 is 4.42 Å². The Balaban J connectivity index is 1.40. The zero-order valence-corrected chi connectivity index (χ0v) is 14.7. The van der Waals surface area contributed by atoms with Crippen LogP contribution in [0.5, 0.6) is 0 Å². The van der Waals surface area contributed by atoms with Gasteiger partial charge in [0.05, 0.1) is 17.8 Å². The zero-order chi connectivity index (χ0) is 18.1. The Bertz CT molecular complexity index is 908. The number of hydrogen-bond donors (Lipinski definition) is 1. The summed E-state index contributed by atoms with van der Waals surface area (Å²) < 4.78 is 5.73. The molecular weight excluding hydrogens is 326 g/mol. The van der Waals surface area contributed by atoms with E-state index in [1.54, 1.807) is 18.2 Å². The smallest absolute Gasteiger partial charge is 0.244 e. The van der Waals surface area contributed by atoms with E-state index in [9.17, 15) is 10.1 Å². The van der Waals surface area contributed by atoms with Gasteiger partial charge in [0.25, 0.3) is 0 Å². The van der Waals surface area contributed by atoms with Crippen LogP contribution in [0.1, 0.15) is 43.9 Å². The summed E-state index contributed by atoms with van der Waals surface area (Å²) in [4.78, 5) is 12.4. The van der Waals surface area contributed by atoms with Crippen molar-refractivity contribution < 1.29 is 9.21 Å². The van der Waals surface area contributed by atoms with Crippen molar-refractivity contribution in [3.05, 3.63) is 47.7 Å². The maximum atomic E-state index is 12.4. The average molecular weight is 347 g/mol. The van der Waals surface area contributed by atoms with Crippen LogP contribution in [-0.2, 0) is 4.79 Å². The second-order valence-corrected chi connectivity index (χ2v) is 7.43. The molecule has 0 radical (unpaired) electrons. The molecule has 1 heterocycles. The summed E-state index contributed by atoms with van der Waals surface area (Å²) in [5.41, 5.74) is 4.14. The lowest BCUT2D eigenvalue weighted by Gasteiger charge is -2.15. The quantitative estimate of drug-likeness (QED) is 0.668. The van der Waals surface area contributed by atoms with E-state index in [1.807, 2.05) is 18.2 Å². The van der Waals surface area contributed by atoms with Crippen LogP contribution < -0.4 is 5.43 Å². The fourth-order valence-electron chi connectivity index (χ4n) is 4.44. The Hall–Kier alpha value is -2.87. The molecule has 1 N–H and O–H groups in total. The highest BCUT2D eigenvalue weighted by Gasteiger charge is 2.64. The van der Waals surface area contributed by atoms with Gasteiger partial charge >= 0.3 is 0 Å². The summed E-state index contributed by atoms with van der Waals surface area (Å²) >= 11 is 0. The second kappa shape index (κ2) is 6.45. The predicted octanol–water partition coefficient (Wildman–Crippen LogP) is 4.09. The molecule has 0 saturated heterocycles. The van der Waals surface area contributed by atoms with Gasteiger partial charge in [-0.1, -0.05) is 31.9 Å². The first-order valence-electron chi connectivity index (χ1n) is 9.06. The largest absolute Gasteiger partial charge is 0.455 e. The Morgan fingerprint density at radius 1 is 1.35 bits per heavy atom. The van der Waals surface area contributed by atoms with E-state index in [2.05, 4.69) is 23.5 Å². The Morgan fingerprint density at radius 3 is 2.96 bits per heavy atom. The van der Waals surface area contributed by atoms with Crippen LogP contribution in [-0.4, -0.2) is 12.1 Å². The topological polar surface area (TPSA) is 78.4 Å². The standard InChI is InChI=1S/C21H21N3O2/c1-21-11-5-4-8-17(21)19(21)20(25)24-23-13-15-9-10-18(26-15)16-7-3-2-6-14(16)12-22/h2-3,6-7,9-10,13,17,19H,4-5,8,11H2,1H3,(H,24,25)/b23-13-/t17-,19-,21-/m1/s1. The molecule has 5 nitrogen and oxygen atoms in total. The number of hydrazone groups is 1. The van der Waals surface area contributed by atoms with Gasteiger partial charge in [-0.2, -0.15) is 10.4 Å². The molecule has 2 aliphatic carbocycles. The Morgan fingerprint density at radius 2 is 2.19 bits per heavy atom. The first-order valence-corrected chi connectivity index (χ1v) is 9.06. The normalized spacial score (nSPS) is 26.9. The number of nitrogens with zero attached hydrogens (tertiary/aromatic N) is 2. The SMILES string of the molecule is C[C@@]12CCCC[C@@H]1[C@@H]2C(=O)N/N=C\c1ccc(-c2ccccc2C#N)o1. The molecule has 0 bridgehead atoms. The first-order chi connectivity index (χ1) is 12.6. The van der Waals surface area contributed by atoms with Crippen molar-refractivity contribution in [3.8, 4) is 17.4 Å². The van der Waals surface area contributed by atoms with E-state index in [4.69, 9.17) is 4.42 Å². The number of nitriles is 1. The van der Waals surface area contributed by atoms with Crippen molar-refractivity contribution in [1.29, 1.82) is 5.26 Å². The third-order valence-electron chi connectivity index (χ3n) is 5.92. The minimum atomic E-state index is 0.0113. The van der Waals surface area contributed by atoms with Crippen LogP contribution in [0.3, 0.4) is 0 Å². The highest BCUT2D eigenvalue weighted by Crippen LogP contribution is 2.66. The third-order valence-corrected chi connectivity index (χ3v) is 5.92. The molecule has 1 amide bonds. The van der Waals surface area contributed by atoms with Crippen LogP contribution in [0.4, 0.5) is 0 Å². The van der Waals surface area contributed by atoms with E-state index in [0.29, 0.717) is 23.0 Å². The van der Waals surface area contributed by atoms with Crippen molar-refractivity contribution in [2.45, 2.75) is 32.6 Å². The Labute approximate surface area is 152 Å². The number of furan rings is 1. The van der Waals surface area contributed by atoms with Gasteiger partial charge in [-0.25, -0.2) is 5.43 Å². The Kier molecular flexibility index (Phi) is 4.12. The second-order valence-electron chi connectivity index (χ2n) is 7.43.